The quantitative estimate of drug-likeness (QED) is 0.484. The molecule has 2 aromatic carbocycles. The molecule has 1 aromatic heterocycles. The van der Waals surface area contributed by atoms with Gasteiger partial charge in [0.15, 0.2) is 5.13 Å². The summed E-state index contributed by atoms with van der Waals surface area (Å²) in [6, 6.07) is 11.5. The van der Waals surface area contributed by atoms with E-state index in [0.29, 0.717) is 16.5 Å². The first-order valence-corrected chi connectivity index (χ1v) is 10.3. The third-order valence-electron chi connectivity index (χ3n) is 3.95. The molecule has 0 saturated heterocycles. The Bertz CT molecular complexity index is 1100. The lowest BCUT2D eigenvalue weighted by Gasteiger charge is -2.18. The second-order valence-electron chi connectivity index (χ2n) is 6.15. The Kier molecular flexibility index (Phi) is 6.56. The van der Waals surface area contributed by atoms with Gasteiger partial charge >= 0.3 is 0 Å². The van der Waals surface area contributed by atoms with Crippen LogP contribution in [0, 0.1) is 12.7 Å². The highest BCUT2D eigenvalue weighted by atomic mass is 79.9. The van der Waals surface area contributed by atoms with Crippen LogP contribution >= 0.6 is 27.3 Å². The van der Waals surface area contributed by atoms with Crippen molar-refractivity contribution in [2.24, 2.45) is 0 Å². The normalized spacial score (nSPS) is 10.9. The maximum absolute atomic E-state index is 14.1. The Hall–Kier alpha value is -2.84. The van der Waals surface area contributed by atoms with E-state index in [9.17, 15) is 14.0 Å². The van der Waals surface area contributed by atoms with E-state index in [0.717, 1.165) is 10.0 Å². The first-order valence-electron chi connectivity index (χ1n) is 8.61. The highest BCUT2D eigenvalue weighted by molar-refractivity contribution is 9.10. The minimum Gasteiger partial charge on any atom is -0.322 e. The zero-order chi connectivity index (χ0) is 21.0. The molecule has 5 nitrogen and oxygen atoms in total. The molecular weight excluding hydrogens is 457 g/mol. The van der Waals surface area contributed by atoms with Crippen LogP contribution in [-0.4, -0.2) is 16.8 Å². The van der Waals surface area contributed by atoms with Crippen molar-refractivity contribution in [1.82, 2.24) is 4.98 Å². The number of nitrogens with one attached hydrogen (secondary N) is 1. The largest absolute Gasteiger partial charge is 0.322 e. The van der Waals surface area contributed by atoms with Crippen LogP contribution in [0.25, 0.3) is 6.08 Å². The Labute approximate surface area is 180 Å². The van der Waals surface area contributed by atoms with E-state index in [1.807, 2.05) is 25.1 Å². The number of hydrogen-bond donors (Lipinski definition) is 1. The molecule has 0 aliphatic rings. The van der Waals surface area contributed by atoms with Crippen molar-refractivity contribution in [3.05, 3.63) is 75.5 Å². The first kappa shape index (κ1) is 20.9. The molecule has 0 spiro atoms. The highest BCUT2D eigenvalue weighted by Crippen LogP contribution is 2.31. The van der Waals surface area contributed by atoms with Gasteiger partial charge in [0.1, 0.15) is 5.82 Å². The van der Waals surface area contributed by atoms with Crippen molar-refractivity contribution < 1.29 is 14.0 Å². The average molecular weight is 474 g/mol. The summed E-state index contributed by atoms with van der Waals surface area (Å²) < 4.78 is 15.0. The summed E-state index contributed by atoms with van der Waals surface area (Å²) in [6.45, 7) is 3.30. The van der Waals surface area contributed by atoms with E-state index < -0.39 is 5.82 Å². The van der Waals surface area contributed by atoms with Crippen LogP contribution in [0.4, 0.5) is 20.9 Å². The number of rotatable bonds is 5. The van der Waals surface area contributed by atoms with E-state index in [2.05, 4.69) is 26.2 Å². The number of nitrogens with zero attached hydrogens (tertiary/aromatic N) is 2. The van der Waals surface area contributed by atoms with Crippen LogP contribution in [0.2, 0.25) is 0 Å². The lowest BCUT2D eigenvalue weighted by Crippen LogP contribution is -2.23. The Morgan fingerprint density at radius 3 is 2.69 bits per heavy atom. The van der Waals surface area contributed by atoms with Gasteiger partial charge in [-0.25, -0.2) is 9.37 Å². The standard InChI is InChI=1S/C21H17BrFN3O2S/c1-13-7-8-15(11-17(13)22)24-20(28)10-9-16-12-29-21(25-16)26(14(2)27)19-6-4-3-5-18(19)23/h3-12H,1-2H3,(H,24,28)/b10-9+. The number of carbonyl (C=O) groups excluding carboxylic acids is 2. The molecule has 0 unspecified atom stereocenters. The molecule has 0 radical (unpaired) electrons. The monoisotopic (exact) mass is 473 g/mol. The summed E-state index contributed by atoms with van der Waals surface area (Å²) in [5.74, 6) is -1.19. The third kappa shape index (κ3) is 5.16. The molecular formula is C21H17BrFN3O2S. The fourth-order valence-electron chi connectivity index (χ4n) is 2.51. The predicted octanol–water partition coefficient (Wildman–Crippen LogP) is 5.69. The number of thiazole rings is 1. The first-order chi connectivity index (χ1) is 13.8. The van der Waals surface area contributed by atoms with E-state index >= 15 is 0 Å². The van der Waals surface area contributed by atoms with Gasteiger partial charge < -0.3 is 5.32 Å². The number of anilines is 3. The second kappa shape index (κ2) is 9.11. The summed E-state index contributed by atoms with van der Waals surface area (Å²) in [4.78, 5) is 29.8. The molecule has 2 amide bonds. The Balaban J connectivity index is 1.74. The van der Waals surface area contributed by atoms with Crippen molar-refractivity contribution in [3.63, 3.8) is 0 Å². The number of halogens is 2. The molecule has 0 saturated carbocycles. The molecule has 0 fully saturated rings. The van der Waals surface area contributed by atoms with Gasteiger partial charge in [0.25, 0.3) is 0 Å². The molecule has 3 aromatic rings. The van der Waals surface area contributed by atoms with E-state index in [-0.39, 0.29) is 17.5 Å². The topological polar surface area (TPSA) is 62.3 Å². The maximum atomic E-state index is 14.1. The van der Waals surface area contributed by atoms with Crippen LogP contribution in [0.1, 0.15) is 18.2 Å². The minimum atomic E-state index is -0.515. The van der Waals surface area contributed by atoms with Crippen LogP contribution in [0.15, 0.2) is 58.4 Å². The molecule has 1 N–H and O–H groups in total. The zero-order valence-corrected chi connectivity index (χ0v) is 18.1. The van der Waals surface area contributed by atoms with Gasteiger partial charge in [0.2, 0.25) is 11.8 Å². The van der Waals surface area contributed by atoms with E-state index in [1.54, 1.807) is 17.5 Å². The summed E-state index contributed by atoms with van der Waals surface area (Å²) in [5, 5.41) is 4.78. The number of aryl methyl sites for hydroxylation is 1. The van der Waals surface area contributed by atoms with Crippen molar-refractivity contribution in [2.75, 3.05) is 10.2 Å². The lowest BCUT2D eigenvalue weighted by molar-refractivity contribution is -0.116. The summed E-state index contributed by atoms with van der Waals surface area (Å²) in [7, 11) is 0. The van der Waals surface area contributed by atoms with Gasteiger partial charge in [-0.05, 0) is 42.8 Å². The van der Waals surface area contributed by atoms with Gasteiger partial charge in [-0.15, -0.1) is 11.3 Å². The Morgan fingerprint density at radius 2 is 2.00 bits per heavy atom. The summed E-state index contributed by atoms with van der Waals surface area (Å²) >= 11 is 4.61. The molecule has 0 bridgehead atoms. The summed E-state index contributed by atoms with van der Waals surface area (Å²) in [5.41, 5.74) is 2.36. The van der Waals surface area contributed by atoms with Crippen molar-refractivity contribution in [3.8, 4) is 0 Å². The van der Waals surface area contributed by atoms with Gasteiger partial charge in [0, 0.05) is 28.5 Å². The van der Waals surface area contributed by atoms with Crippen molar-refractivity contribution >= 4 is 61.7 Å². The van der Waals surface area contributed by atoms with Crippen molar-refractivity contribution in [2.45, 2.75) is 13.8 Å². The maximum Gasteiger partial charge on any atom is 0.248 e. The fourth-order valence-corrected chi connectivity index (χ4v) is 3.74. The number of aromatic nitrogens is 1. The second-order valence-corrected chi connectivity index (χ2v) is 7.84. The Morgan fingerprint density at radius 1 is 1.24 bits per heavy atom. The number of benzene rings is 2. The predicted molar refractivity (Wildman–Crippen MR) is 118 cm³/mol. The van der Waals surface area contributed by atoms with Gasteiger partial charge in [-0.2, -0.15) is 0 Å². The molecule has 3 rings (SSSR count). The molecule has 0 atom stereocenters. The molecule has 29 heavy (non-hydrogen) atoms. The molecule has 0 aliphatic heterocycles. The van der Waals surface area contributed by atoms with Crippen molar-refractivity contribution in [1.29, 1.82) is 0 Å². The van der Waals surface area contributed by atoms with Crippen LogP contribution in [0.3, 0.4) is 0 Å². The van der Waals surface area contributed by atoms with Crippen LogP contribution in [0.5, 0.6) is 0 Å². The minimum absolute atomic E-state index is 0.132. The summed E-state index contributed by atoms with van der Waals surface area (Å²) in [6.07, 6.45) is 2.89. The zero-order valence-electron chi connectivity index (χ0n) is 15.6. The molecule has 148 valence electrons. The number of carbonyl (C=O) groups is 2. The molecule has 0 aliphatic carbocycles. The van der Waals surface area contributed by atoms with E-state index in [1.165, 1.54) is 47.4 Å². The number of hydrogen-bond acceptors (Lipinski definition) is 4. The van der Waals surface area contributed by atoms with Crippen LogP contribution in [-0.2, 0) is 9.59 Å². The van der Waals surface area contributed by atoms with Gasteiger partial charge in [-0.1, -0.05) is 34.1 Å². The SMILES string of the molecule is CC(=O)N(c1nc(/C=C/C(=O)Nc2ccc(C)c(Br)c2)cs1)c1ccccc1F. The van der Waals surface area contributed by atoms with Gasteiger partial charge in [-0.3, -0.25) is 14.5 Å². The van der Waals surface area contributed by atoms with Gasteiger partial charge in [0.05, 0.1) is 11.4 Å². The number of para-hydroxylation sites is 1. The molecule has 8 heteroatoms. The molecule has 1 heterocycles. The highest BCUT2D eigenvalue weighted by Gasteiger charge is 2.20. The number of amides is 2. The smallest absolute Gasteiger partial charge is 0.248 e. The fraction of sp³-hybridized carbons (Fsp3) is 0.0952. The third-order valence-corrected chi connectivity index (χ3v) is 5.65. The van der Waals surface area contributed by atoms with E-state index in [4.69, 9.17) is 0 Å². The lowest BCUT2D eigenvalue weighted by atomic mass is 10.2. The van der Waals surface area contributed by atoms with Crippen LogP contribution < -0.4 is 10.2 Å². The average Bonchev–Trinajstić information content (AvgIpc) is 3.13.